The molecule has 0 aliphatic carbocycles. The summed E-state index contributed by atoms with van der Waals surface area (Å²) in [6, 6.07) is 3.87. The lowest BCUT2D eigenvalue weighted by Crippen LogP contribution is -2.26. The van der Waals surface area contributed by atoms with Gasteiger partial charge in [0.1, 0.15) is 5.15 Å². The van der Waals surface area contributed by atoms with E-state index in [0.29, 0.717) is 17.0 Å². The number of halogens is 2. The van der Waals surface area contributed by atoms with Crippen LogP contribution >= 0.6 is 24.0 Å². The van der Waals surface area contributed by atoms with Gasteiger partial charge in [0, 0.05) is 5.56 Å². The molecule has 1 aromatic heterocycles. The minimum absolute atomic E-state index is 0. The Bertz CT molecular complexity index is 341. The molecule has 0 bridgehead atoms. The monoisotopic (exact) mass is 262 g/mol. The molecule has 16 heavy (non-hydrogen) atoms. The summed E-state index contributed by atoms with van der Waals surface area (Å²) in [5, 5.41) is 3.84. The van der Waals surface area contributed by atoms with Crippen molar-refractivity contribution in [2.45, 2.75) is 18.8 Å². The van der Waals surface area contributed by atoms with Gasteiger partial charge in [0.2, 0.25) is 5.88 Å². The Morgan fingerprint density at radius 2 is 2.06 bits per heavy atom. The second-order valence-corrected chi connectivity index (χ2v) is 4.14. The number of nitrogens with zero attached hydrogens (tertiary/aromatic N) is 1. The lowest BCUT2D eigenvalue weighted by atomic mass is 9.91. The van der Waals surface area contributed by atoms with Crippen molar-refractivity contribution in [2.24, 2.45) is 0 Å². The fraction of sp³-hybridized carbons (Fsp3) is 0.545. The fourth-order valence-corrected chi connectivity index (χ4v) is 2.18. The molecule has 0 unspecified atom stereocenters. The smallest absolute Gasteiger partial charge is 0.217 e. The number of rotatable bonds is 2. The van der Waals surface area contributed by atoms with Crippen LogP contribution in [0, 0.1) is 0 Å². The number of ether oxygens (including phenoxy) is 1. The molecule has 2 heterocycles. The van der Waals surface area contributed by atoms with E-state index < -0.39 is 0 Å². The normalized spacial score (nSPS) is 16.6. The molecule has 90 valence electrons. The molecule has 2 rings (SSSR count). The lowest BCUT2D eigenvalue weighted by Gasteiger charge is -2.23. The average Bonchev–Trinajstić information content (AvgIpc) is 2.30. The van der Waals surface area contributed by atoms with Gasteiger partial charge in [0.15, 0.2) is 0 Å². The first kappa shape index (κ1) is 13.6. The van der Waals surface area contributed by atoms with Gasteiger partial charge in [0.25, 0.3) is 0 Å². The molecule has 3 nitrogen and oxygen atoms in total. The van der Waals surface area contributed by atoms with Crippen LogP contribution in [0.4, 0.5) is 0 Å². The van der Waals surface area contributed by atoms with E-state index in [0.717, 1.165) is 25.9 Å². The maximum Gasteiger partial charge on any atom is 0.217 e. The van der Waals surface area contributed by atoms with E-state index in [1.54, 1.807) is 7.11 Å². The summed E-state index contributed by atoms with van der Waals surface area (Å²) in [5.41, 5.74) is 1.18. The summed E-state index contributed by atoms with van der Waals surface area (Å²) in [5.74, 6) is 1.22. The Labute approximate surface area is 107 Å². The topological polar surface area (TPSA) is 34.1 Å². The van der Waals surface area contributed by atoms with E-state index in [1.807, 2.05) is 12.1 Å². The highest BCUT2D eigenvalue weighted by Gasteiger charge is 2.19. The van der Waals surface area contributed by atoms with Crippen molar-refractivity contribution in [3.63, 3.8) is 0 Å². The van der Waals surface area contributed by atoms with Gasteiger partial charge in [0.05, 0.1) is 7.11 Å². The van der Waals surface area contributed by atoms with Gasteiger partial charge in [-0.15, -0.1) is 12.4 Å². The molecule has 1 saturated heterocycles. The molecule has 1 aliphatic rings. The summed E-state index contributed by atoms with van der Waals surface area (Å²) < 4.78 is 5.26. The van der Waals surface area contributed by atoms with Crippen LogP contribution in [0.1, 0.15) is 24.3 Å². The first-order valence-electron chi connectivity index (χ1n) is 5.22. The number of pyridine rings is 1. The number of methoxy groups -OCH3 is 1. The Morgan fingerprint density at radius 1 is 1.38 bits per heavy atom. The minimum Gasteiger partial charge on any atom is -0.481 e. The summed E-state index contributed by atoms with van der Waals surface area (Å²) in [4.78, 5) is 4.19. The van der Waals surface area contributed by atoms with E-state index in [2.05, 4.69) is 10.3 Å². The summed E-state index contributed by atoms with van der Waals surface area (Å²) in [6.07, 6.45) is 2.28. The van der Waals surface area contributed by atoms with Gasteiger partial charge in [-0.2, -0.15) is 0 Å². The largest absolute Gasteiger partial charge is 0.481 e. The van der Waals surface area contributed by atoms with E-state index in [1.165, 1.54) is 5.56 Å². The predicted molar refractivity (Wildman–Crippen MR) is 67.9 cm³/mol. The second kappa shape index (κ2) is 6.28. The highest BCUT2D eigenvalue weighted by atomic mass is 35.5. The molecule has 1 fully saturated rings. The van der Waals surface area contributed by atoms with Gasteiger partial charge >= 0.3 is 0 Å². The van der Waals surface area contributed by atoms with Crippen molar-refractivity contribution >= 4 is 24.0 Å². The summed E-state index contributed by atoms with van der Waals surface area (Å²) in [7, 11) is 1.64. The number of nitrogens with one attached hydrogen (secondary N) is 1. The van der Waals surface area contributed by atoms with Crippen molar-refractivity contribution in [1.82, 2.24) is 10.3 Å². The van der Waals surface area contributed by atoms with Crippen LogP contribution in [0.15, 0.2) is 12.1 Å². The van der Waals surface area contributed by atoms with Crippen LogP contribution in [-0.4, -0.2) is 25.2 Å². The van der Waals surface area contributed by atoms with Crippen molar-refractivity contribution in [3.05, 3.63) is 22.8 Å². The Hall–Kier alpha value is -0.510. The SMILES string of the molecule is COc1nc(Cl)ccc1C1CCNCC1.Cl. The molecule has 1 N–H and O–H groups in total. The third-order valence-corrected chi connectivity index (χ3v) is 3.04. The van der Waals surface area contributed by atoms with Crippen molar-refractivity contribution in [2.75, 3.05) is 20.2 Å². The number of aromatic nitrogens is 1. The van der Waals surface area contributed by atoms with Crippen LogP contribution < -0.4 is 10.1 Å². The third kappa shape index (κ3) is 3.00. The van der Waals surface area contributed by atoms with Gasteiger partial charge in [-0.3, -0.25) is 0 Å². The standard InChI is InChI=1S/C11H15ClN2O.ClH/c1-15-11-9(2-3-10(12)14-11)8-4-6-13-7-5-8;/h2-3,8,13H,4-7H2,1H3;1H. The molecule has 1 aromatic rings. The Morgan fingerprint density at radius 3 is 2.69 bits per heavy atom. The van der Waals surface area contributed by atoms with Crippen LogP contribution in [-0.2, 0) is 0 Å². The van der Waals surface area contributed by atoms with Crippen molar-refractivity contribution in [3.8, 4) is 5.88 Å². The molecule has 0 spiro atoms. The van der Waals surface area contributed by atoms with Crippen LogP contribution in [0.5, 0.6) is 5.88 Å². The average molecular weight is 263 g/mol. The van der Waals surface area contributed by atoms with Gasteiger partial charge in [-0.1, -0.05) is 17.7 Å². The van der Waals surface area contributed by atoms with E-state index in [9.17, 15) is 0 Å². The van der Waals surface area contributed by atoms with E-state index >= 15 is 0 Å². The number of piperidine rings is 1. The van der Waals surface area contributed by atoms with Crippen molar-refractivity contribution < 1.29 is 4.74 Å². The third-order valence-electron chi connectivity index (χ3n) is 2.83. The van der Waals surface area contributed by atoms with E-state index in [4.69, 9.17) is 16.3 Å². The maximum absolute atomic E-state index is 5.83. The molecular weight excluding hydrogens is 247 g/mol. The second-order valence-electron chi connectivity index (χ2n) is 3.76. The highest BCUT2D eigenvalue weighted by Crippen LogP contribution is 2.31. The molecule has 0 atom stereocenters. The Kier molecular flexibility index (Phi) is 5.32. The molecular formula is C11H16Cl2N2O. The molecule has 0 saturated carbocycles. The summed E-state index contributed by atoms with van der Waals surface area (Å²) in [6.45, 7) is 2.13. The van der Waals surface area contributed by atoms with Crippen LogP contribution in [0.3, 0.4) is 0 Å². The first-order valence-corrected chi connectivity index (χ1v) is 5.60. The molecule has 1 aliphatic heterocycles. The molecule has 0 radical (unpaired) electrons. The fourth-order valence-electron chi connectivity index (χ4n) is 2.04. The zero-order valence-electron chi connectivity index (χ0n) is 9.20. The Balaban J connectivity index is 0.00000128. The van der Waals surface area contributed by atoms with Crippen LogP contribution in [0.2, 0.25) is 5.15 Å². The molecule has 0 amide bonds. The zero-order valence-corrected chi connectivity index (χ0v) is 10.8. The van der Waals surface area contributed by atoms with Crippen molar-refractivity contribution in [1.29, 1.82) is 0 Å². The number of hydrogen-bond donors (Lipinski definition) is 1. The van der Waals surface area contributed by atoms with Crippen LogP contribution in [0.25, 0.3) is 0 Å². The summed E-state index contributed by atoms with van der Waals surface area (Å²) >= 11 is 5.83. The lowest BCUT2D eigenvalue weighted by molar-refractivity contribution is 0.377. The van der Waals surface area contributed by atoms with E-state index in [-0.39, 0.29) is 12.4 Å². The number of hydrogen-bond acceptors (Lipinski definition) is 3. The zero-order chi connectivity index (χ0) is 10.7. The molecule has 5 heteroatoms. The minimum atomic E-state index is 0. The van der Waals surface area contributed by atoms with Gasteiger partial charge in [-0.05, 0) is 37.9 Å². The predicted octanol–water partition coefficient (Wildman–Crippen LogP) is 2.63. The first-order chi connectivity index (χ1) is 7.31. The van der Waals surface area contributed by atoms with Gasteiger partial charge < -0.3 is 10.1 Å². The highest BCUT2D eigenvalue weighted by molar-refractivity contribution is 6.29. The maximum atomic E-state index is 5.83. The van der Waals surface area contributed by atoms with Gasteiger partial charge in [-0.25, -0.2) is 4.98 Å². The molecule has 0 aromatic carbocycles. The quantitative estimate of drug-likeness (QED) is 0.833.